The molecular formula is C26H34Cl2FN7O2. The Balaban J connectivity index is 1.73. The van der Waals surface area contributed by atoms with Gasteiger partial charge in [-0.2, -0.15) is 4.99 Å². The molecule has 1 aromatic carbocycles. The molecule has 12 heteroatoms. The molecular weight excluding hydrogens is 532 g/mol. The first kappa shape index (κ1) is 28.3. The van der Waals surface area contributed by atoms with Crippen LogP contribution >= 0.6 is 23.2 Å². The average Bonchev–Trinajstić information content (AvgIpc) is 3.15. The maximum absolute atomic E-state index is 13.8. The number of nitrogens with zero attached hydrogens (tertiary/aromatic N) is 4. The Labute approximate surface area is 231 Å². The van der Waals surface area contributed by atoms with Gasteiger partial charge in [0, 0.05) is 17.5 Å². The van der Waals surface area contributed by atoms with Crippen LogP contribution in [0.2, 0.25) is 10.0 Å². The number of aliphatic imine (C=N–C) groups is 2. The molecule has 0 unspecified atom stereocenters. The van der Waals surface area contributed by atoms with Crippen LogP contribution in [0, 0.1) is 18.2 Å². The largest absolute Gasteiger partial charge is 0.393 e. The van der Waals surface area contributed by atoms with Crippen molar-refractivity contribution in [2.45, 2.75) is 83.4 Å². The van der Waals surface area contributed by atoms with Gasteiger partial charge in [-0.05, 0) is 77.1 Å². The number of hydrogen-bond acceptors (Lipinski definition) is 5. The predicted octanol–water partition coefficient (Wildman–Crippen LogP) is 5.57. The van der Waals surface area contributed by atoms with Crippen molar-refractivity contribution in [1.82, 2.24) is 14.9 Å². The maximum Gasteiger partial charge on any atom is 0.224 e. The molecule has 2 fully saturated rings. The Bertz CT molecular complexity index is 1220. The molecule has 2 aliphatic carbocycles. The number of benzene rings is 1. The number of primary amides is 1. The second-order valence-electron chi connectivity index (χ2n) is 10.5. The first-order valence-electron chi connectivity index (χ1n) is 12.8. The number of nitrogens with two attached hydrogens (primary N) is 1. The summed E-state index contributed by atoms with van der Waals surface area (Å²) in [6.45, 7) is 7.41. The number of carbonyl (C=O) groups excluding carboxylic acids is 1. The zero-order valence-electron chi connectivity index (χ0n) is 21.6. The molecule has 4 rings (SSSR count). The smallest absolute Gasteiger partial charge is 0.224 e. The lowest BCUT2D eigenvalue weighted by atomic mass is 9.73. The lowest BCUT2D eigenvalue weighted by Crippen LogP contribution is -2.39. The van der Waals surface area contributed by atoms with Gasteiger partial charge in [0.1, 0.15) is 5.82 Å². The number of aryl methyl sites for hydroxylation is 1. The molecule has 2 aliphatic rings. The Hall–Kier alpha value is -2.69. The van der Waals surface area contributed by atoms with Gasteiger partial charge in [-0.25, -0.2) is 14.4 Å². The van der Waals surface area contributed by atoms with Crippen molar-refractivity contribution in [3.63, 3.8) is 0 Å². The quantitative estimate of drug-likeness (QED) is 0.268. The number of aromatic nitrogens is 2. The second kappa shape index (κ2) is 11.6. The predicted molar refractivity (Wildman–Crippen MR) is 150 cm³/mol. The van der Waals surface area contributed by atoms with Crippen LogP contribution in [0.4, 0.5) is 21.8 Å². The lowest BCUT2D eigenvalue weighted by molar-refractivity contribution is -0.128. The van der Waals surface area contributed by atoms with E-state index in [1.54, 1.807) is 0 Å². The molecule has 5 N–H and O–H groups in total. The summed E-state index contributed by atoms with van der Waals surface area (Å²) >= 11 is 12.6. The third-order valence-corrected chi connectivity index (χ3v) is 8.25. The van der Waals surface area contributed by atoms with E-state index in [9.17, 15) is 14.3 Å². The molecule has 0 radical (unpaired) electrons. The van der Waals surface area contributed by atoms with E-state index in [1.807, 2.05) is 18.4 Å². The first-order chi connectivity index (χ1) is 18.0. The van der Waals surface area contributed by atoms with Gasteiger partial charge in [-0.15, -0.1) is 0 Å². The monoisotopic (exact) mass is 565 g/mol. The topological polar surface area (TPSA) is 130 Å². The molecule has 2 aromatic rings. The van der Waals surface area contributed by atoms with Gasteiger partial charge < -0.3 is 21.5 Å². The number of halogens is 3. The van der Waals surface area contributed by atoms with Crippen LogP contribution in [0.1, 0.15) is 70.0 Å². The molecule has 38 heavy (non-hydrogen) atoms. The zero-order valence-corrected chi connectivity index (χ0v) is 23.1. The molecule has 9 nitrogen and oxygen atoms in total. The number of rotatable bonds is 6. The minimum Gasteiger partial charge on any atom is -0.393 e. The molecule has 0 aliphatic heterocycles. The fourth-order valence-electron chi connectivity index (χ4n) is 5.32. The van der Waals surface area contributed by atoms with Crippen molar-refractivity contribution in [1.29, 1.82) is 0 Å². The third kappa shape index (κ3) is 6.13. The maximum atomic E-state index is 13.8. The lowest BCUT2D eigenvalue weighted by Gasteiger charge is -2.36. The number of guanidine groups is 1. The third-order valence-electron chi connectivity index (χ3n) is 7.66. The summed E-state index contributed by atoms with van der Waals surface area (Å²) in [7, 11) is 0. The van der Waals surface area contributed by atoms with Crippen LogP contribution in [0.3, 0.4) is 0 Å². The van der Waals surface area contributed by atoms with E-state index in [1.165, 1.54) is 12.1 Å². The SMILES string of the molecule is C=N/C(=N\c1c(C)nc(Nc2c(Cl)cc(F)cc2Cl)n1[C@H]1CC[C@@](C)(C(N)=O)CC1)N[C@@H]1CCC[C@H](O)C1. The van der Waals surface area contributed by atoms with E-state index < -0.39 is 11.2 Å². The number of hydrogen-bond donors (Lipinski definition) is 4. The highest BCUT2D eigenvalue weighted by atomic mass is 35.5. The summed E-state index contributed by atoms with van der Waals surface area (Å²) in [5.41, 5.74) is 6.05. The highest BCUT2D eigenvalue weighted by Gasteiger charge is 2.38. The van der Waals surface area contributed by atoms with Crippen molar-refractivity contribution in [2.75, 3.05) is 5.32 Å². The highest BCUT2D eigenvalue weighted by molar-refractivity contribution is 6.39. The number of nitrogens with one attached hydrogen (secondary N) is 2. The molecule has 1 heterocycles. The van der Waals surface area contributed by atoms with Crippen LogP contribution in [0.25, 0.3) is 0 Å². The minimum absolute atomic E-state index is 0.0278. The molecule has 0 bridgehead atoms. The fourth-order valence-corrected chi connectivity index (χ4v) is 5.87. The number of imidazole rings is 1. The van der Waals surface area contributed by atoms with Crippen molar-refractivity contribution in [2.24, 2.45) is 21.1 Å². The summed E-state index contributed by atoms with van der Waals surface area (Å²) in [6, 6.07) is 2.32. The number of carbonyl (C=O) groups is 1. The Morgan fingerprint density at radius 1 is 1.26 bits per heavy atom. The summed E-state index contributed by atoms with van der Waals surface area (Å²) < 4.78 is 15.8. The van der Waals surface area contributed by atoms with E-state index in [0.717, 1.165) is 19.3 Å². The van der Waals surface area contributed by atoms with Crippen LogP contribution in [-0.2, 0) is 4.79 Å². The van der Waals surface area contributed by atoms with E-state index in [2.05, 4.69) is 22.3 Å². The van der Waals surface area contributed by atoms with E-state index in [-0.39, 0.29) is 34.1 Å². The molecule has 2 saturated carbocycles. The van der Waals surface area contributed by atoms with Crippen molar-refractivity contribution in [3.8, 4) is 0 Å². The summed E-state index contributed by atoms with van der Waals surface area (Å²) in [4.78, 5) is 25.7. The Morgan fingerprint density at radius 2 is 1.92 bits per heavy atom. The minimum atomic E-state index is -0.579. The summed E-state index contributed by atoms with van der Waals surface area (Å²) in [6.07, 6.45) is 5.38. The number of aliphatic hydroxyl groups is 1. The van der Waals surface area contributed by atoms with Crippen LogP contribution < -0.4 is 16.4 Å². The number of amides is 1. The Kier molecular flexibility index (Phi) is 8.64. The Morgan fingerprint density at radius 3 is 2.50 bits per heavy atom. The highest BCUT2D eigenvalue weighted by Crippen LogP contribution is 2.45. The zero-order chi connectivity index (χ0) is 27.6. The van der Waals surface area contributed by atoms with Gasteiger partial charge in [-0.3, -0.25) is 9.36 Å². The molecule has 0 saturated heterocycles. The van der Waals surface area contributed by atoms with Gasteiger partial charge in [0.25, 0.3) is 0 Å². The van der Waals surface area contributed by atoms with Crippen molar-refractivity contribution in [3.05, 3.63) is 33.7 Å². The van der Waals surface area contributed by atoms with Crippen molar-refractivity contribution < 1.29 is 14.3 Å². The van der Waals surface area contributed by atoms with E-state index >= 15 is 0 Å². The van der Waals surface area contributed by atoms with Crippen molar-refractivity contribution >= 4 is 59.2 Å². The van der Waals surface area contributed by atoms with Crippen LogP contribution in [-0.4, -0.2) is 45.4 Å². The summed E-state index contributed by atoms with van der Waals surface area (Å²) in [5, 5.41) is 16.8. The molecule has 206 valence electrons. The molecule has 1 aromatic heterocycles. The number of anilines is 2. The first-order valence-corrected chi connectivity index (χ1v) is 13.6. The van der Waals surface area contributed by atoms with Crippen LogP contribution in [0.15, 0.2) is 22.1 Å². The van der Waals surface area contributed by atoms with E-state index in [0.29, 0.717) is 61.2 Å². The van der Waals surface area contributed by atoms with E-state index in [4.69, 9.17) is 38.9 Å². The van der Waals surface area contributed by atoms with Gasteiger partial charge in [-0.1, -0.05) is 30.1 Å². The molecule has 2 atom stereocenters. The fraction of sp³-hybridized carbons (Fsp3) is 0.538. The van der Waals surface area contributed by atoms with Gasteiger partial charge >= 0.3 is 0 Å². The van der Waals surface area contributed by atoms with Gasteiger partial charge in [0.05, 0.1) is 27.5 Å². The average molecular weight is 567 g/mol. The van der Waals surface area contributed by atoms with Gasteiger partial charge in [0.15, 0.2) is 5.82 Å². The molecule has 0 spiro atoms. The van der Waals surface area contributed by atoms with Gasteiger partial charge in [0.2, 0.25) is 17.8 Å². The second-order valence-corrected chi connectivity index (χ2v) is 11.3. The number of aliphatic hydroxyl groups excluding tert-OH is 1. The summed E-state index contributed by atoms with van der Waals surface area (Å²) in [5.74, 6) is 0.461. The standard InChI is InChI=1S/C26H34Cl2FN7O2/c1-14-22(35-24(31-3)33-16-5-4-6-18(37)13-16)36(17-7-9-26(2,10-8-17)23(30)38)25(32-14)34-21-19(27)11-15(29)12-20(21)28/h11-12,16-18,37H,3-10,13H2,1-2H3,(H2,30,38)(H,32,34)(H,33,35)/t16-,17-,18+,26+/m1/s1. The van der Waals surface area contributed by atoms with Crippen LogP contribution in [0.5, 0.6) is 0 Å². The molecule has 1 amide bonds. The normalized spacial score (nSPS) is 26.2.